The van der Waals surface area contributed by atoms with Gasteiger partial charge in [0.25, 0.3) is 5.91 Å². The molecule has 1 atom stereocenters. The Bertz CT molecular complexity index is 2370. The van der Waals surface area contributed by atoms with Gasteiger partial charge >= 0.3 is 5.97 Å². The van der Waals surface area contributed by atoms with Gasteiger partial charge in [0.15, 0.2) is 0 Å². The third-order valence-corrected chi connectivity index (χ3v) is 10.4. The maximum atomic E-state index is 15.1. The van der Waals surface area contributed by atoms with E-state index in [1.807, 2.05) is 22.6 Å². The molecule has 0 spiro atoms. The van der Waals surface area contributed by atoms with Crippen molar-refractivity contribution in [3.8, 4) is 22.5 Å². The van der Waals surface area contributed by atoms with Gasteiger partial charge in [-0.15, -0.1) is 0 Å². The molecular weight excluding hydrogens is 884 g/mol. The highest BCUT2D eigenvalue weighted by molar-refractivity contribution is 14.1. The van der Waals surface area contributed by atoms with Crippen molar-refractivity contribution >= 4 is 46.1 Å². The Morgan fingerprint density at radius 3 is 1.80 bits per heavy atom. The molecule has 0 saturated carbocycles. The Kier molecular flexibility index (Phi) is 14.3. The zero-order chi connectivity index (χ0) is 42.1. The molecule has 5 aromatic rings. The van der Waals surface area contributed by atoms with Crippen LogP contribution in [-0.4, -0.2) is 69.9 Å². The van der Waals surface area contributed by atoms with Crippen molar-refractivity contribution in [2.45, 2.75) is 43.6 Å². The number of anilines is 2. The van der Waals surface area contributed by atoms with Crippen LogP contribution in [0.25, 0.3) is 33.0 Å². The van der Waals surface area contributed by atoms with E-state index in [2.05, 4.69) is 35.3 Å². The number of nitrogens with zero attached hydrogens (tertiary/aromatic N) is 7. The monoisotopic (exact) mass is 922 g/mol. The molecule has 4 heterocycles. The number of rotatable bonds is 10. The molecular formula is C40H38F3IN10O5. The fraction of sp³-hybridized carbons (Fsp3) is 0.300. The van der Waals surface area contributed by atoms with Crippen LogP contribution in [0, 0.1) is 21.0 Å². The summed E-state index contributed by atoms with van der Waals surface area (Å²) >= 11 is 1.94. The molecule has 15 nitrogen and oxygen atoms in total. The van der Waals surface area contributed by atoms with Gasteiger partial charge in [0, 0.05) is 57.9 Å². The van der Waals surface area contributed by atoms with Crippen LogP contribution in [0.1, 0.15) is 81.2 Å². The summed E-state index contributed by atoms with van der Waals surface area (Å²) in [7, 11) is 0. The Morgan fingerprint density at radius 1 is 0.831 bits per heavy atom. The summed E-state index contributed by atoms with van der Waals surface area (Å²) < 4.78 is 54.2. The van der Waals surface area contributed by atoms with Gasteiger partial charge in [0.1, 0.15) is 40.5 Å². The van der Waals surface area contributed by atoms with E-state index < -0.39 is 35.4 Å². The summed E-state index contributed by atoms with van der Waals surface area (Å²) in [4.78, 5) is 44.1. The molecule has 1 amide bonds. The average molecular weight is 923 g/mol. The lowest BCUT2D eigenvalue weighted by Crippen LogP contribution is -2.31. The number of carboxylic acid groups (broad SMARTS) is 1. The number of nitrogens with one attached hydrogen (secondary N) is 1. The van der Waals surface area contributed by atoms with Crippen LogP contribution in [0.15, 0.2) is 72.1 Å². The van der Waals surface area contributed by atoms with Crippen molar-refractivity contribution in [3.05, 3.63) is 127 Å². The highest BCUT2D eigenvalue weighted by atomic mass is 127. The van der Waals surface area contributed by atoms with Gasteiger partial charge in [-0.2, -0.15) is 0 Å². The molecule has 0 aliphatic carbocycles. The molecule has 2 saturated heterocycles. The first-order chi connectivity index (χ1) is 28.4. The number of benzene rings is 3. The third-order valence-electron chi connectivity index (χ3n) is 9.80. The first kappa shape index (κ1) is 42.7. The number of azide groups is 1. The second-order valence-corrected chi connectivity index (χ2v) is 14.9. The van der Waals surface area contributed by atoms with E-state index in [1.165, 1.54) is 36.4 Å². The second kappa shape index (κ2) is 19.7. The van der Waals surface area contributed by atoms with E-state index in [9.17, 15) is 18.4 Å². The number of halogens is 4. The van der Waals surface area contributed by atoms with Crippen LogP contribution in [0.4, 0.5) is 24.8 Å². The summed E-state index contributed by atoms with van der Waals surface area (Å²) in [5.74, 6) is -3.43. The molecule has 0 radical (unpaired) electrons. The number of nitrogens with two attached hydrogens (primary N) is 2. The van der Waals surface area contributed by atoms with Gasteiger partial charge in [0.05, 0.1) is 47.5 Å². The lowest BCUT2D eigenvalue weighted by atomic mass is 9.96. The summed E-state index contributed by atoms with van der Waals surface area (Å²) in [5.41, 5.74) is 23.4. The molecule has 2 fully saturated rings. The van der Waals surface area contributed by atoms with Gasteiger partial charge in [-0.25, -0.2) is 37.9 Å². The first-order valence-corrected chi connectivity index (χ1v) is 19.5. The maximum Gasteiger partial charge on any atom is 0.338 e. The van der Waals surface area contributed by atoms with Crippen molar-refractivity contribution in [3.63, 3.8) is 0 Å². The molecule has 6 N–H and O–H groups in total. The topological polar surface area (TPSA) is 237 Å². The smallest absolute Gasteiger partial charge is 0.338 e. The minimum Gasteiger partial charge on any atom is -0.478 e. The molecule has 2 aliphatic heterocycles. The first-order valence-electron chi connectivity index (χ1n) is 18.4. The number of aromatic carboxylic acids is 1. The molecule has 0 bridgehead atoms. The second-order valence-electron chi connectivity index (χ2n) is 13.7. The van der Waals surface area contributed by atoms with Gasteiger partial charge in [-0.1, -0.05) is 17.2 Å². The third kappa shape index (κ3) is 10.8. The normalized spacial score (nSPS) is 15.0. The highest BCUT2D eigenvalue weighted by Crippen LogP contribution is 2.32. The largest absolute Gasteiger partial charge is 0.478 e. The number of ether oxygens (including phenoxy) is 2. The van der Waals surface area contributed by atoms with E-state index in [0.29, 0.717) is 58.1 Å². The predicted molar refractivity (Wildman–Crippen MR) is 220 cm³/mol. The Hall–Kier alpha value is -5.89. The summed E-state index contributed by atoms with van der Waals surface area (Å²) in [5, 5.41) is 15.0. The fourth-order valence-electron chi connectivity index (χ4n) is 6.68. The molecule has 3 aromatic carbocycles. The lowest BCUT2D eigenvalue weighted by Gasteiger charge is -2.22. The molecule has 0 unspecified atom stereocenters. The van der Waals surface area contributed by atoms with E-state index >= 15 is 4.39 Å². The zero-order valence-electron chi connectivity index (χ0n) is 31.3. The lowest BCUT2D eigenvalue weighted by molar-refractivity contribution is 0.0691. The maximum absolute atomic E-state index is 15.1. The molecule has 2 aliphatic rings. The van der Waals surface area contributed by atoms with Crippen LogP contribution in [0.5, 0.6) is 0 Å². The van der Waals surface area contributed by atoms with Crippen LogP contribution in [0.3, 0.4) is 0 Å². The number of hydrogen-bond donors (Lipinski definition) is 4. The molecule has 306 valence electrons. The van der Waals surface area contributed by atoms with Gasteiger partial charge < -0.3 is 31.4 Å². The van der Waals surface area contributed by atoms with E-state index in [4.69, 9.17) is 31.6 Å². The molecule has 19 heteroatoms. The van der Waals surface area contributed by atoms with E-state index in [-0.39, 0.29) is 41.1 Å². The number of nitrogen functional groups attached to an aromatic ring is 2. The number of carboxylic acids is 1. The summed E-state index contributed by atoms with van der Waals surface area (Å²) in [6.07, 6.45) is 6.59. The Labute approximate surface area is 349 Å². The Morgan fingerprint density at radius 2 is 1.34 bits per heavy atom. The summed E-state index contributed by atoms with van der Waals surface area (Å²) in [6, 6.07) is 11.2. The van der Waals surface area contributed by atoms with Crippen molar-refractivity contribution < 1.29 is 37.3 Å². The van der Waals surface area contributed by atoms with Gasteiger partial charge in [-0.05, 0) is 102 Å². The fourth-order valence-corrected chi connectivity index (χ4v) is 7.33. The molecule has 7 rings (SSSR count). The predicted octanol–water partition coefficient (Wildman–Crippen LogP) is 7.74. The SMILES string of the molecule is Nc1ncc(C2CCOCC2)nc1-c1ccc(C(=O)O)c(F)c1.[N-]=[N+]=NC[C@@H](NC(=O)c1ccc(-c2nc(C3CCOCC3)cnc2N)cc1F)c1cc(F)cc(I)c1. The van der Waals surface area contributed by atoms with Crippen molar-refractivity contribution in [1.82, 2.24) is 25.3 Å². The minimum atomic E-state index is -1.32. The standard InChI is InChI=1S/C24H22F2IN7O2.C16H16FN3O3/c25-16-7-15(8-17(27)10-16)21(12-31-34-29)33-24(35)18-2-1-14(9-19(18)26)22-23(28)30-11-20(32-22)13-3-5-36-6-4-13;17-12-7-10(1-2-11(12)16(21)22)14-15(18)19-8-13(20-14)9-3-5-23-6-4-9/h1-2,7-11,13,21H,3-6,12H2,(H2,28,30)(H,33,35);1-2,7-9H,3-6H2,(H2,18,19)(H,21,22)/t21-;/m1./s1. The van der Waals surface area contributed by atoms with Gasteiger partial charge in [0.2, 0.25) is 0 Å². The van der Waals surface area contributed by atoms with E-state index in [0.717, 1.165) is 43.1 Å². The van der Waals surface area contributed by atoms with Crippen molar-refractivity contribution in [1.29, 1.82) is 0 Å². The quantitative estimate of drug-likeness (QED) is 0.0457. The van der Waals surface area contributed by atoms with Crippen molar-refractivity contribution in [2.75, 3.05) is 44.4 Å². The number of carbonyl (C=O) groups excluding carboxylic acids is 1. The van der Waals surface area contributed by atoms with Crippen LogP contribution >= 0.6 is 22.6 Å². The number of amides is 1. The van der Waals surface area contributed by atoms with Crippen LogP contribution in [-0.2, 0) is 9.47 Å². The van der Waals surface area contributed by atoms with Crippen LogP contribution < -0.4 is 16.8 Å². The highest BCUT2D eigenvalue weighted by Gasteiger charge is 2.23. The summed E-state index contributed by atoms with van der Waals surface area (Å²) in [6.45, 7) is 2.45. The molecule has 59 heavy (non-hydrogen) atoms. The number of carbonyl (C=O) groups is 2. The van der Waals surface area contributed by atoms with Crippen LogP contribution in [0.2, 0.25) is 0 Å². The minimum absolute atomic E-state index is 0.151. The zero-order valence-corrected chi connectivity index (χ0v) is 33.5. The number of hydrogen-bond acceptors (Lipinski definition) is 11. The van der Waals surface area contributed by atoms with Gasteiger partial charge in [-0.3, -0.25) is 4.79 Å². The van der Waals surface area contributed by atoms with Crippen molar-refractivity contribution in [2.24, 2.45) is 5.11 Å². The number of aromatic nitrogens is 4. The molecule has 2 aromatic heterocycles. The average Bonchev–Trinajstić information content (AvgIpc) is 3.23. The van der Waals surface area contributed by atoms with E-state index in [1.54, 1.807) is 24.5 Å². The Balaban J connectivity index is 0.000000219.